The highest BCUT2D eigenvalue weighted by Gasteiger charge is 2.08. The molecular formula is C15H23NO3. The van der Waals surface area contributed by atoms with Crippen LogP contribution in [-0.2, 0) is 22.5 Å². The van der Waals surface area contributed by atoms with E-state index < -0.39 is 5.97 Å². The number of rotatable bonds is 8. The Morgan fingerprint density at radius 1 is 1.32 bits per heavy atom. The predicted octanol–water partition coefficient (Wildman–Crippen LogP) is 2.17. The molecule has 19 heavy (non-hydrogen) atoms. The first kappa shape index (κ1) is 15.7. The van der Waals surface area contributed by atoms with E-state index in [-0.39, 0.29) is 12.5 Å². The van der Waals surface area contributed by atoms with E-state index in [4.69, 9.17) is 9.84 Å². The molecule has 0 fully saturated rings. The number of nitrogens with zero attached hydrogens (tertiary/aromatic N) is 1. The van der Waals surface area contributed by atoms with Gasteiger partial charge in [0.1, 0.15) is 0 Å². The lowest BCUT2D eigenvalue weighted by Gasteiger charge is -2.19. The van der Waals surface area contributed by atoms with Gasteiger partial charge < -0.3 is 9.84 Å². The van der Waals surface area contributed by atoms with Crippen molar-refractivity contribution in [2.24, 2.45) is 0 Å². The first-order valence-electron chi connectivity index (χ1n) is 6.57. The summed E-state index contributed by atoms with van der Waals surface area (Å²) in [4.78, 5) is 13.0. The highest BCUT2D eigenvalue weighted by Crippen LogP contribution is 2.12. The molecule has 0 amide bonds. The molecule has 0 aliphatic rings. The van der Waals surface area contributed by atoms with Crippen LogP contribution >= 0.6 is 0 Å². The molecule has 0 saturated heterocycles. The minimum Gasteiger partial charge on any atom is -0.481 e. The molecule has 1 N–H and O–H groups in total. The van der Waals surface area contributed by atoms with Gasteiger partial charge in [-0.15, -0.1) is 0 Å². The van der Waals surface area contributed by atoms with Crippen molar-refractivity contribution in [3.8, 4) is 0 Å². The van der Waals surface area contributed by atoms with Crippen molar-refractivity contribution in [3.63, 3.8) is 0 Å². The zero-order chi connectivity index (χ0) is 14.3. The Labute approximate surface area is 115 Å². The number of carboxylic acid groups (broad SMARTS) is 1. The molecule has 0 spiro atoms. The quantitative estimate of drug-likeness (QED) is 0.782. The van der Waals surface area contributed by atoms with E-state index in [1.165, 1.54) is 0 Å². The third-order valence-electron chi connectivity index (χ3n) is 2.82. The Balaban J connectivity index is 2.53. The first-order chi connectivity index (χ1) is 8.99. The third kappa shape index (κ3) is 6.36. The van der Waals surface area contributed by atoms with E-state index in [0.717, 1.165) is 24.2 Å². The molecule has 0 aromatic heterocycles. The second-order valence-corrected chi connectivity index (χ2v) is 5.00. The van der Waals surface area contributed by atoms with E-state index in [1.807, 2.05) is 45.2 Å². The van der Waals surface area contributed by atoms with Crippen LogP contribution in [0.5, 0.6) is 0 Å². The second kappa shape index (κ2) is 7.92. The lowest BCUT2D eigenvalue weighted by atomic mass is 10.0. The number of likely N-dealkylation sites (N-methyl/N-ethyl adjacent to an activating group) is 1. The molecule has 0 aliphatic heterocycles. The summed E-state index contributed by atoms with van der Waals surface area (Å²) in [6.07, 6.45) is 0.319. The summed E-state index contributed by atoms with van der Waals surface area (Å²) in [6.45, 7) is 6.30. The van der Waals surface area contributed by atoms with E-state index in [9.17, 15) is 4.79 Å². The molecule has 0 saturated carbocycles. The molecule has 1 rings (SSSR count). The number of benzene rings is 1. The van der Waals surface area contributed by atoms with Crippen molar-refractivity contribution >= 4 is 5.97 Å². The van der Waals surface area contributed by atoms with E-state index >= 15 is 0 Å². The summed E-state index contributed by atoms with van der Waals surface area (Å²) in [5, 5.41) is 8.89. The van der Waals surface area contributed by atoms with Gasteiger partial charge in [-0.25, -0.2) is 0 Å². The average Bonchev–Trinajstić information content (AvgIpc) is 2.30. The van der Waals surface area contributed by atoms with E-state index in [0.29, 0.717) is 6.61 Å². The maximum absolute atomic E-state index is 10.8. The summed E-state index contributed by atoms with van der Waals surface area (Å²) < 4.78 is 5.51. The smallest absolute Gasteiger partial charge is 0.307 e. The maximum atomic E-state index is 10.8. The van der Waals surface area contributed by atoms with Gasteiger partial charge in [0.2, 0.25) is 0 Å². The summed E-state index contributed by atoms with van der Waals surface area (Å²) >= 11 is 0. The van der Waals surface area contributed by atoms with Crippen LogP contribution in [0.4, 0.5) is 0 Å². The number of carbonyl (C=O) groups is 1. The maximum Gasteiger partial charge on any atom is 0.307 e. The van der Waals surface area contributed by atoms with Gasteiger partial charge in [0.25, 0.3) is 0 Å². The predicted molar refractivity (Wildman–Crippen MR) is 75.2 cm³/mol. The summed E-state index contributed by atoms with van der Waals surface area (Å²) in [5.41, 5.74) is 1.95. The lowest BCUT2D eigenvalue weighted by Crippen LogP contribution is -2.24. The monoisotopic (exact) mass is 265 g/mol. The lowest BCUT2D eigenvalue weighted by molar-refractivity contribution is -0.136. The molecular weight excluding hydrogens is 242 g/mol. The van der Waals surface area contributed by atoms with E-state index in [1.54, 1.807) is 0 Å². The Kier molecular flexibility index (Phi) is 6.53. The molecule has 4 heteroatoms. The topological polar surface area (TPSA) is 49.8 Å². The molecule has 106 valence electrons. The van der Waals surface area contributed by atoms with Gasteiger partial charge in [-0.2, -0.15) is 0 Å². The first-order valence-corrected chi connectivity index (χ1v) is 6.57. The van der Waals surface area contributed by atoms with Crippen LogP contribution in [0.1, 0.15) is 25.0 Å². The van der Waals surface area contributed by atoms with Gasteiger partial charge >= 0.3 is 5.97 Å². The molecule has 0 radical (unpaired) electrons. The van der Waals surface area contributed by atoms with Crippen LogP contribution in [-0.4, -0.2) is 42.3 Å². The van der Waals surface area contributed by atoms with Crippen molar-refractivity contribution in [3.05, 3.63) is 35.4 Å². The van der Waals surface area contributed by atoms with Gasteiger partial charge in [0, 0.05) is 13.1 Å². The zero-order valence-electron chi connectivity index (χ0n) is 11.9. The van der Waals surface area contributed by atoms with Crippen LogP contribution in [0.2, 0.25) is 0 Å². The average molecular weight is 265 g/mol. The molecule has 1 aromatic carbocycles. The van der Waals surface area contributed by atoms with Crippen LogP contribution in [0, 0.1) is 0 Å². The van der Waals surface area contributed by atoms with Crippen molar-refractivity contribution < 1.29 is 14.6 Å². The largest absolute Gasteiger partial charge is 0.481 e. The summed E-state index contributed by atoms with van der Waals surface area (Å²) in [7, 11) is 2.02. The second-order valence-electron chi connectivity index (χ2n) is 5.00. The molecule has 1 aromatic rings. The summed E-state index contributed by atoms with van der Waals surface area (Å²) in [6, 6.07) is 7.68. The van der Waals surface area contributed by atoms with Gasteiger partial charge in [-0.05, 0) is 32.0 Å². The fraction of sp³-hybridized carbons (Fsp3) is 0.533. The van der Waals surface area contributed by atoms with Crippen molar-refractivity contribution in [2.75, 3.05) is 20.2 Å². The van der Waals surface area contributed by atoms with Crippen molar-refractivity contribution in [1.29, 1.82) is 0 Å². The van der Waals surface area contributed by atoms with Crippen LogP contribution in [0.3, 0.4) is 0 Å². The molecule has 0 aliphatic carbocycles. The van der Waals surface area contributed by atoms with Crippen LogP contribution in [0.25, 0.3) is 0 Å². The summed E-state index contributed by atoms with van der Waals surface area (Å²) in [5.74, 6) is -0.793. The number of hydrogen-bond acceptors (Lipinski definition) is 3. The Hall–Kier alpha value is -1.39. The zero-order valence-corrected chi connectivity index (χ0v) is 11.9. The molecule has 0 atom stereocenters. The standard InChI is InChI=1S/C15H23NO3/c1-12(2)19-9-8-16(3)11-14-7-5-4-6-13(14)10-15(17)18/h4-7,12H,8-11H2,1-3H3,(H,17,18). The van der Waals surface area contributed by atoms with Gasteiger partial charge in [0.15, 0.2) is 0 Å². The molecule has 0 unspecified atom stereocenters. The number of hydrogen-bond donors (Lipinski definition) is 1. The van der Waals surface area contributed by atoms with Gasteiger partial charge in [-0.3, -0.25) is 9.69 Å². The number of carboxylic acids is 1. The highest BCUT2D eigenvalue weighted by atomic mass is 16.5. The van der Waals surface area contributed by atoms with Crippen molar-refractivity contribution in [1.82, 2.24) is 4.90 Å². The van der Waals surface area contributed by atoms with E-state index in [2.05, 4.69) is 4.90 Å². The Bertz CT molecular complexity index is 404. The van der Waals surface area contributed by atoms with Crippen LogP contribution in [0.15, 0.2) is 24.3 Å². The number of ether oxygens (including phenoxy) is 1. The number of aliphatic carboxylic acids is 1. The molecule has 0 heterocycles. The third-order valence-corrected chi connectivity index (χ3v) is 2.82. The Morgan fingerprint density at radius 3 is 2.53 bits per heavy atom. The SMILES string of the molecule is CC(C)OCCN(C)Cc1ccccc1CC(=O)O. The Morgan fingerprint density at radius 2 is 1.95 bits per heavy atom. The van der Waals surface area contributed by atoms with Gasteiger partial charge in [-0.1, -0.05) is 24.3 Å². The fourth-order valence-electron chi connectivity index (χ4n) is 1.86. The molecule has 0 bridgehead atoms. The van der Waals surface area contributed by atoms with Gasteiger partial charge in [0.05, 0.1) is 19.1 Å². The highest BCUT2D eigenvalue weighted by molar-refractivity contribution is 5.70. The van der Waals surface area contributed by atoms with Crippen molar-refractivity contribution in [2.45, 2.75) is 32.9 Å². The van der Waals surface area contributed by atoms with Crippen LogP contribution < -0.4 is 0 Å². The minimum atomic E-state index is -0.793. The fourth-order valence-corrected chi connectivity index (χ4v) is 1.86. The normalized spacial score (nSPS) is 11.2. The molecule has 4 nitrogen and oxygen atoms in total. The minimum absolute atomic E-state index is 0.0759.